The minimum Gasteiger partial charge on any atom is -0.356 e. The molecule has 1 fully saturated rings. The van der Waals surface area contributed by atoms with Crippen LogP contribution in [-0.2, 0) is 13.0 Å². The summed E-state index contributed by atoms with van der Waals surface area (Å²) >= 11 is 0. The Morgan fingerprint density at radius 3 is 2.50 bits per heavy atom. The molecule has 0 radical (unpaired) electrons. The second kappa shape index (κ2) is 5.70. The Hall–Kier alpha value is -1.09. The topological polar surface area (TPSA) is 42.1 Å². The third-order valence-electron chi connectivity index (χ3n) is 3.98. The smallest absolute Gasteiger partial charge is 0.129 e. The SMILES string of the molecule is CCCc1cc(CN)cc(N2CC(C)C(C)C2)n1. The van der Waals surface area contributed by atoms with Crippen LogP contribution in [0.4, 0.5) is 5.82 Å². The molecule has 0 spiro atoms. The van der Waals surface area contributed by atoms with Crippen LogP contribution in [0.25, 0.3) is 0 Å². The van der Waals surface area contributed by atoms with Crippen LogP contribution >= 0.6 is 0 Å². The van der Waals surface area contributed by atoms with E-state index in [1.165, 1.54) is 11.3 Å². The minimum atomic E-state index is 0.602. The summed E-state index contributed by atoms with van der Waals surface area (Å²) in [5, 5.41) is 0. The average Bonchev–Trinajstić information content (AvgIpc) is 2.70. The van der Waals surface area contributed by atoms with Crippen LogP contribution in [0.2, 0.25) is 0 Å². The van der Waals surface area contributed by atoms with Gasteiger partial charge in [-0.2, -0.15) is 0 Å². The number of hydrogen-bond acceptors (Lipinski definition) is 3. The van der Waals surface area contributed by atoms with Crippen LogP contribution in [0.3, 0.4) is 0 Å². The van der Waals surface area contributed by atoms with Gasteiger partial charge in [0.2, 0.25) is 0 Å². The van der Waals surface area contributed by atoms with Gasteiger partial charge in [-0.05, 0) is 36.0 Å². The molecular weight excluding hydrogens is 222 g/mol. The van der Waals surface area contributed by atoms with Gasteiger partial charge in [0.05, 0.1) is 0 Å². The van der Waals surface area contributed by atoms with Gasteiger partial charge in [0, 0.05) is 25.3 Å². The van der Waals surface area contributed by atoms with Gasteiger partial charge in [-0.1, -0.05) is 27.2 Å². The van der Waals surface area contributed by atoms with Crippen molar-refractivity contribution >= 4 is 5.82 Å². The van der Waals surface area contributed by atoms with Crippen molar-refractivity contribution in [2.24, 2.45) is 17.6 Å². The minimum absolute atomic E-state index is 0.602. The van der Waals surface area contributed by atoms with Crippen LogP contribution < -0.4 is 10.6 Å². The highest BCUT2D eigenvalue weighted by atomic mass is 15.2. The fraction of sp³-hybridized carbons (Fsp3) is 0.667. The number of anilines is 1. The van der Waals surface area contributed by atoms with Crippen molar-refractivity contribution < 1.29 is 0 Å². The summed E-state index contributed by atoms with van der Waals surface area (Å²) in [6, 6.07) is 4.31. The lowest BCUT2D eigenvalue weighted by molar-refractivity contribution is 0.494. The van der Waals surface area contributed by atoms with E-state index in [0.717, 1.165) is 43.6 Å². The summed E-state index contributed by atoms with van der Waals surface area (Å²) in [5.41, 5.74) is 8.18. The van der Waals surface area contributed by atoms with Crippen molar-refractivity contribution in [3.63, 3.8) is 0 Å². The fourth-order valence-electron chi connectivity index (χ4n) is 2.61. The van der Waals surface area contributed by atoms with E-state index in [-0.39, 0.29) is 0 Å². The van der Waals surface area contributed by atoms with Crippen LogP contribution in [0.15, 0.2) is 12.1 Å². The first kappa shape index (κ1) is 13.3. The van der Waals surface area contributed by atoms with Gasteiger partial charge >= 0.3 is 0 Å². The summed E-state index contributed by atoms with van der Waals surface area (Å²) in [6.45, 7) is 9.68. The molecule has 0 aliphatic carbocycles. The normalized spacial score (nSPS) is 23.7. The number of aryl methyl sites for hydroxylation is 1. The van der Waals surface area contributed by atoms with Gasteiger partial charge in [-0.3, -0.25) is 0 Å². The molecule has 1 saturated heterocycles. The Bertz CT molecular complexity index is 393. The van der Waals surface area contributed by atoms with E-state index in [2.05, 4.69) is 37.8 Å². The van der Waals surface area contributed by atoms with E-state index >= 15 is 0 Å². The number of nitrogens with two attached hydrogens (primary N) is 1. The molecule has 1 aromatic rings. The summed E-state index contributed by atoms with van der Waals surface area (Å²) in [6.07, 6.45) is 2.17. The molecule has 100 valence electrons. The lowest BCUT2D eigenvalue weighted by Crippen LogP contribution is -2.21. The average molecular weight is 247 g/mol. The van der Waals surface area contributed by atoms with E-state index in [1.807, 2.05) is 0 Å². The molecule has 0 saturated carbocycles. The van der Waals surface area contributed by atoms with Gasteiger partial charge in [-0.25, -0.2) is 4.98 Å². The molecule has 0 amide bonds. The quantitative estimate of drug-likeness (QED) is 0.889. The standard InChI is InChI=1S/C15H25N3/c1-4-5-14-6-13(8-16)7-15(17-14)18-9-11(2)12(3)10-18/h6-7,11-12H,4-5,8-10,16H2,1-3H3. The molecular formula is C15H25N3. The third kappa shape index (κ3) is 2.83. The molecule has 2 unspecified atom stereocenters. The first-order valence-corrected chi connectivity index (χ1v) is 7.08. The van der Waals surface area contributed by atoms with Crippen LogP contribution in [-0.4, -0.2) is 18.1 Å². The monoisotopic (exact) mass is 247 g/mol. The fourth-order valence-corrected chi connectivity index (χ4v) is 2.61. The van der Waals surface area contributed by atoms with E-state index in [4.69, 9.17) is 10.7 Å². The zero-order valence-corrected chi connectivity index (χ0v) is 11.8. The van der Waals surface area contributed by atoms with Crippen LogP contribution in [0.1, 0.15) is 38.4 Å². The summed E-state index contributed by atoms with van der Waals surface area (Å²) in [4.78, 5) is 7.20. The number of rotatable bonds is 4. The van der Waals surface area contributed by atoms with Crippen LogP contribution in [0.5, 0.6) is 0 Å². The molecule has 3 nitrogen and oxygen atoms in total. The lowest BCUT2D eigenvalue weighted by Gasteiger charge is -2.19. The van der Waals surface area contributed by atoms with Crippen molar-refractivity contribution in [1.29, 1.82) is 0 Å². The molecule has 2 atom stereocenters. The summed E-state index contributed by atoms with van der Waals surface area (Å²) in [5.74, 6) is 2.63. The highest BCUT2D eigenvalue weighted by Gasteiger charge is 2.27. The zero-order valence-electron chi connectivity index (χ0n) is 11.8. The number of hydrogen-bond donors (Lipinski definition) is 1. The summed E-state index contributed by atoms with van der Waals surface area (Å²) in [7, 11) is 0. The third-order valence-corrected chi connectivity index (χ3v) is 3.98. The second-order valence-electron chi connectivity index (χ2n) is 5.64. The van der Waals surface area contributed by atoms with E-state index < -0.39 is 0 Å². The highest BCUT2D eigenvalue weighted by molar-refractivity contribution is 5.44. The van der Waals surface area contributed by atoms with Gasteiger partial charge in [0.15, 0.2) is 0 Å². The van der Waals surface area contributed by atoms with E-state index in [0.29, 0.717) is 6.54 Å². The Labute approximate surface area is 110 Å². The lowest BCUT2D eigenvalue weighted by atomic mass is 10.0. The predicted octanol–water partition coefficient (Wildman–Crippen LogP) is 2.59. The van der Waals surface area contributed by atoms with Gasteiger partial charge in [-0.15, -0.1) is 0 Å². The molecule has 0 aromatic carbocycles. The molecule has 2 N–H and O–H groups in total. The van der Waals surface area contributed by atoms with E-state index in [1.54, 1.807) is 0 Å². The van der Waals surface area contributed by atoms with Crippen molar-refractivity contribution in [2.75, 3.05) is 18.0 Å². The summed E-state index contributed by atoms with van der Waals surface area (Å²) < 4.78 is 0. The molecule has 1 aliphatic rings. The molecule has 1 aliphatic heterocycles. The number of nitrogens with zero attached hydrogens (tertiary/aromatic N) is 2. The molecule has 0 bridgehead atoms. The maximum atomic E-state index is 5.79. The zero-order chi connectivity index (χ0) is 13.1. The first-order valence-electron chi connectivity index (χ1n) is 7.08. The van der Waals surface area contributed by atoms with Crippen molar-refractivity contribution in [3.8, 4) is 0 Å². The number of aromatic nitrogens is 1. The highest BCUT2D eigenvalue weighted by Crippen LogP contribution is 2.27. The molecule has 3 heteroatoms. The maximum Gasteiger partial charge on any atom is 0.129 e. The molecule has 1 aromatic heterocycles. The van der Waals surface area contributed by atoms with Crippen molar-refractivity contribution in [1.82, 2.24) is 4.98 Å². The molecule has 2 rings (SSSR count). The van der Waals surface area contributed by atoms with Gasteiger partial charge in [0.25, 0.3) is 0 Å². The van der Waals surface area contributed by atoms with Gasteiger partial charge in [0.1, 0.15) is 5.82 Å². The maximum absolute atomic E-state index is 5.79. The molecule has 18 heavy (non-hydrogen) atoms. The largest absolute Gasteiger partial charge is 0.356 e. The first-order chi connectivity index (χ1) is 8.63. The number of pyridine rings is 1. The Morgan fingerprint density at radius 2 is 1.94 bits per heavy atom. The predicted molar refractivity (Wildman–Crippen MR) is 76.7 cm³/mol. The van der Waals surface area contributed by atoms with Crippen molar-refractivity contribution in [3.05, 3.63) is 23.4 Å². The Balaban J connectivity index is 2.24. The van der Waals surface area contributed by atoms with Gasteiger partial charge < -0.3 is 10.6 Å². The van der Waals surface area contributed by atoms with Crippen molar-refractivity contribution in [2.45, 2.75) is 40.2 Å². The van der Waals surface area contributed by atoms with E-state index in [9.17, 15) is 0 Å². The Kier molecular flexibility index (Phi) is 4.23. The Morgan fingerprint density at radius 1 is 1.28 bits per heavy atom. The van der Waals surface area contributed by atoms with Crippen LogP contribution in [0, 0.1) is 11.8 Å². The second-order valence-corrected chi connectivity index (χ2v) is 5.64. The molecule has 2 heterocycles.